The van der Waals surface area contributed by atoms with E-state index in [1.54, 1.807) is 6.07 Å². The van der Waals surface area contributed by atoms with Crippen LogP contribution in [0.15, 0.2) is 53.1 Å². The minimum atomic E-state index is -1.16. The summed E-state index contributed by atoms with van der Waals surface area (Å²) < 4.78 is 4.99. The molecule has 0 aliphatic heterocycles. The van der Waals surface area contributed by atoms with Gasteiger partial charge in [-0.3, -0.25) is 14.4 Å². The molecule has 0 saturated heterocycles. The molecule has 7 heteroatoms. The number of rotatable bonds is 7. The third kappa shape index (κ3) is 4.99. The zero-order valence-corrected chi connectivity index (χ0v) is 12.2. The minimum absolute atomic E-state index is 0.0779. The van der Waals surface area contributed by atoms with Crippen LogP contribution in [-0.2, 0) is 16.0 Å². The van der Waals surface area contributed by atoms with Gasteiger partial charge < -0.3 is 20.2 Å². The maximum absolute atomic E-state index is 12.1. The molecule has 1 atom stereocenters. The van der Waals surface area contributed by atoms with Gasteiger partial charge in [0.2, 0.25) is 5.91 Å². The van der Waals surface area contributed by atoms with Crippen molar-refractivity contribution in [2.45, 2.75) is 12.5 Å². The summed E-state index contributed by atoms with van der Waals surface area (Å²) in [7, 11) is 0. The van der Waals surface area contributed by atoms with E-state index >= 15 is 0 Å². The van der Waals surface area contributed by atoms with Gasteiger partial charge in [-0.2, -0.15) is 0 Å². The standard InChI is InChI=1S/C16H16N2O5/c19-14(20)10-17-15(21)12(9-11-5-2-1-3-6-11)18-16(22)13-7-4-8-23-13/h1-8,12H,9-10H2,(H,17,21)(H,18,22)(H,19,20)/t12-/m0/s1. The van der Waals surface area contributed by atoms with Crippen LogP contribution in [0.1, 0.15) is 16.1 Å². The molecule has 0 bridgehead atoms. The highest BCUT2D eigenvalue weighted by molar-refractivity contribution is 5.96. The van der Waals surface area contributed by atoms with Crippen LogP contribution in [0.3, 0.4) is 0 Å². The van der Waals surface area contributed by atoms with Crippen molar-refractivity contribution in [2.75, 3.05) is 6.54 Å². The summed E-state index contributed by atoms with van der Waals surface area (Å²) in [5.41, 5.74) is 0.836. The Bertz CT molecular complexity index is 667. The Hall–Kier alpha value is -3.09. The van der Waals surface area contributed by atoms with Gasteiger partial charge in [-0.05, 0) is 17.7 Å². The van der Waals surface area contributed by atoms with E-state index in [0.717, 1.165) is 5.56 Å². The predicted molar refractivity (Wildman–Crippen MR) is 80.8 cm³/mol. The summed E-state index contributed by atoms with van der Waals surface area (Å²) in [5, 5.41) is 13.5. The maximum Gasteiger partial charge on any atom is 0.322 e. The Morgan fingerprint density at radius 2 is 1.83 bits per heavy atom. The molecule has 120 valence electrons. The van der Waals surface area contributed by atoms with Gasteiger partial charge in [0.15, 0.2) is 5.76 Å². The summed E-state index contributed by atoms with van der Waals surface area (Å²) in [6.07, 6.45) is 1.59. The molecule has 3 N–H and O–H groups in total. The number of benzene rings is 1. The number of carbonyl (C=O) groups is 3. The Labute approximate surface area is 132 Å². The molecule has 0 aliphatic rings. The summed E-state index contributed by atoms with van der Waals surface area (Å²) in [6.45, 7) is -0.513. The summed E-state index contributed by atoms with van der Waals surface area (Å²) in [5.74, 6) is -2.19. The van der Waals surface area contributed by atoms with E-state index < -0.39 is 30.4 Å². The molecule has 0 spiro atoms. The number of furan rings is 1. The van der Waals surface area contributed by atoms with Gasteiger partial charge in [0.25, 0.3) is 5.91 Å². The molecule has 2 rings (SSSR count). The van der Waals surface area contributed by atoms with Gasteiger partial charge in [-0.15, -0.1) is 0 Å². The lowest BCUT2D eigenvalue weighted by Crippen LogP contribution is -2.49. The number of carboxylic acids is 1. The Morgan fingerprint density at radius 1 is 1.09 bits per heavy atom. The van der Waals surface area contributed by atoms with Gasteiger partial charge in [0.05, 0.1) is 6.26 Å². The van der Waals surface area contributed by atoms with Crippen LogP contribution in [0.25, 0.3) is 0 Å². The molecular weight excluding hydrogens is 300 g/mol. The van der Waals surface area contributed by atoms with E-state index in [4.69, 9.17) is 9.52 Å². The molecular formula is C16H16N2O5. The Kier molecular flexibility index (Phi) is 5.51. The van der Waals surface area contributed by atoms with Gasteiger partial charge in [-0.25, -0.2) is 0 Å². The van der Waals surface area contributed by atoms with E-state index in [9.17, 15) is 14.4 Å². The van der Waals surface area contributed by atoms with E-state index in [0.29, 0.717) is 0 Å². The Morgan fingerprint density at radius 3 is 2.43 bits per heavy atom. The smallest absolute Gasteiger partial charge is 0.322 e. The highest BCUT2D eigenvalue weighted by Crippen LogP contribution is 2.06. The zero-order chi connectivity index (χ0) is 16.7. The topological polar surface area (TPSA) is 109 Å². The molecule has 2 aromatic rings. The van der Waals surface area contributed by atoms with Crippen LogP contribution < -0.4 is 10.6 Å². The number of amides is 2. The number of nitrogens with one attached hydrogen (secondary N) is 2. The van der Waals surface area contributed by atoms with Gasteiger partial charge in [0, 0.05) is 6.42 Å². The number of hydrogen-bond acceptors (Lipinski definition) is 4. The fourth-order valence-corrected chi connectivity index (χ4v) is 1.98. The van der Waals surface area contributed by atoms with Crippen molar-refractivity contribution in [2.24, 2.45) is 0 Å². The van der Waals surface area contributed by atoms with Crippen molar-refractivity contribution in [3.8, 4) is 0 Å². The third-order valence-electron chi connectivity index (χ3n) is 3.06. The van der Waals surface area contributed by atoms with E-state index in [-0.39, 0.29) is 12.2 Å². The maximum atomic E-state index is 12.1. The van der Waals surface area contributed by atoms with Gasteiger partial charge >= 0.3 is 5.97 Å². The molecule has 2 amide bonds. The lowest BCUT2D eigenvalue weighted by molar-refractivity contribution is -0.138. The molecule has 1 aromatic heterocycles. The first-order valence-electron chi connectivity index (χ1n) is 6.94. The fourth-order valence-electron chi connectivity index (χ4n) is 1.98. The number of hydrogen-bond donors (Lipinski definition) is 3. The van der Waals surface area contributed by atoms with Crippen molar-refractivity contribution >= 4 is 17.8 Å². The second-order valence-electron chi connectivity index (χ2n) is 4.80. The lowest BCUT2D eigenvalue weighted by atomic mass is 10.1. The van der Waals surface area contributed by atoms with Crippen LogP contribution in [0.4, 0.5) is 0 Å². The van der Waals surface area contributed by atoms with Crippen molar-refractivity contribution in [3.63, 3.8) is 0 Å². The number of carboxylic acid groups (broad SMARTS) is 1. The summed E-state index contributed by atoms with van der Waals surface area (Å²) in [6, 6.07) is 11.2. The lowest BCUT2D eigenvalue weighted by Gasteiger charge is -2.17. The average Bonchev–Trinajstić information content (AvgIpc) is 3.07. The van der Waals surface area contributed by atoms with Crippen LogP contribution in [0.5, 0.6) is 0 Å². The van der Waals surface area contributed by atoms with E-state index in [1.807, 2.05) is 30.3 Å². The van der Waals surface area contributed by atoms with Crippen LogP contribution in [0.2, 0.25) is 0 Å². The number of aliphatic carboxylic acids is 1. The first-order valence-corrected chi connectivity index (χ1v) is 6.94. The molecule has 1 heterocycles. The SMILES string of the molecule is O=C(O)CNC(=O)[C@H](Cc1ccccc1)NC(=O)c1ccco1. The monoisotopic (exact) mass is 316 g/mol. The normalized spacial score (nSPS) is 11.5. The third-order valence-corrected chi connectivity index (χ3v) is 3.06. The Balaban J connectivity index is 2.08. The summed E-state index contributed by atoms with van der Waals surface area (Å²) in [4.78, 5) is 34.8. The van der Waals surface area contributed by atoms with Crippen molar-refractivity contribution in [1.29, 1.82) is 0 Å². The molecule has 7 nitrogen and oxygen atoms in total. The molecule has 23 heavy (non-hydrogen) atoms. The van der Waals surface area contributed by atoms with Gasteiger partial charge in [-0.1, -0.05) is 30.3 Å². The van der Waals surface area contributed by atoms with Crippen LogP contribution in [-0.4, -0.2) is 35.5 Å². The second-order valence-corrected chi connectivity index (χ2v) is 4.80. The highest BCUT2D eigenvalue weighted by Gasteiger charge is 2.23. The summed E-state index contributed by atoms with van der Waals surface area (Å²) >= 11 is 0. The minimum Gasteiger partial charge on any atom is -0.480 e. The van der Waals surface area contributed by atoms with Crippen molar-refractivity contribution in [3.05, 3.63) is 60.1 Å². The number of carbonyl (C=O) groups excluding carboxylic acids is 2. The molecule has 0 unspecified atom stereocenters. The highest BCUT2D eigenvalue weighted by atomic mass is 16.4. The van der Waals surface area contributed by atoms with Crippen molar-refractivity contribution < 1.29 is 23.9 Å². The predicted octanol–water partition coefficient (Wildman–Crippen LogP) is 0.821. The fraction of sp³-hybridized carbons (Fsp3) is 0.188. The van der Waals surface area contributed by atoms with Crippen LogP contribution in [0, 0.1) is 0 Å². The first kappa shape index (κ1) is 16.3. The van der Waals surface area contributed by atoms with Crippen molar-refractivity contribution in [1.82, 2.24) is 10.6 Å². The molecule has 0 radical (unpaired) electrons. The molecule has 0 aliphatic carbocycles. The largest absolute Gasteiger partial charge is 0.480 e. The first-order chi connectivity index (χ1) is 11.1. The quantitative estimate of drug-likeness (QED) is 0.701. The van der Waals surface area contributed by atoms with Gasteiger partial charge in [0.1, 0.15) is 12.6 Å². The zero-order valence-electron chi connectivity index (χ0n) is 12.2. The molecule has 1 aromatic carbocycles. The molecule has 0 saturated carbocycles. The van der Waals surface area contributed by atoms with Crippen LogP contribution >= 0.6 is 0 Å². The second kappa shape index (κ2) is 7.79. The van der Waals surface area contributed by atoms with E-state index in [1.165, 1.54) is 12.3 Å². The average molecular weight is 316 g/mol. The van der Waals surface area contributed by atoms with E-state index in [2.05, 4.69) is 10.6 Å². The molecule has 0 fully saturated rings.